The molecule has 0 aliphatic carbocycles. The molecule has 2 aromatic rings. The highest BCUT2D eigenvalue weighted by Crippen LogP contribution is 2.24. The number of halogens is 5. The maximum Gasteiger partial charge on any atom is 0.402 e. The zero-order chi connectivity index (χ0) is 20.5. The number of rotatable bonds is 6. The molecule has 0 saturated heterocycles. The normalized spacial score (nSPS) is 12.8. The number of nitrogens with zero attached hydrogens (tertiary/aromatic N) is 1. The van der Waals surface area contributed by atoms with E-state index in [1.54, 1.807) is 0 Å². The van der Waals surface area contributed by atoms with Gasteiger partial charge in [-0.3, -0.25) is 4.72 Å². The molecule has 148 valence electrons. The number of pyridine rings is 1. The predicted octanol–water partition coefficient (Wildman–Crippen LogP) is 3.03. The van der Waals surface area contributed by atoms with E-state index in [1.807, 2.05) is 0 Å². The highest BCUT2D eigenvalue weighted by Gasteiger charge is 2.30. The second-order valence-electron chi connectivity index (χ2n) is 4.99. The first-order valence-corrected chi connectivity index (χ1v) is 10.5. The summed E-state index contributed by atoms with van der Waals surface area (Å²) in [5, 5.41) is -0.384. The first-order valence-electron chi connectivity index (χ1n) is 6.81. The second kappa shape index (κ2) is 7.80. The molecule has 0 atom stereocenters. The lowest BCUT2D eigenvalue weighted by atomic mass is 10.3. The largest absolute Gasteiger partial charge is 0.402 e. The van der Waals surface area contributed by atoms with E-state index in [9.17, 15) is 30.0 Å². The zero-order valence-electron chi connectivity index (χ0n) is 13.0. The van der Waals surface area contributed by atoms with Gasteiger partial charge >= 0.3 is 6.18 Å². The Bertz CT molecular complexity index is 1040. The van der Waals surface area contributed by atoms with Crippen molar-refractivity contribution in [2.45, 2.75) is 16.0 Å². The fourth-order valence-corrected chi connectivity index (χ4v) is 4.51. The minimum Gasteiger partial charge on any atom is -0.280 e. The minimum absolute atomic E-state index is 0.0140. The van der Waals surface area contributed by atoms with Crippen LogP contribution in [0, 0.1) is 0 Å². The van der Waals surface area contributed by atoms with Gasteiger partial charge in [0.25, 0.3) is 10.0 Å². The van der Waals surface area contributed by atoms with Crippen molar-refractivity contribution in [3.63, 3.8) is 0 Å². The summed E-state index contributed by atoms with van der Waals surface area (Å²) in [4.78, 5) is 2.77. The van der Waals surface area contributed by atoms with Crippen LogP contribution < -0.4 is 9.44 Å². The van der Waals surface area contributed by atoms with Gasteiger partial charge in [-0.25, -0.2) is 26.5 Å². The van der Waals surface area contributed by atoms with Gasteiger partial charge < -0.3 is 0 Å². The second-order valence-corrected chi connectivity index (χ2v) is 9.16. The first-order chi connectivity index (χ1) is 12.3. The number of nitrogens with one attached hydrogen (secondary N) is 2. The van der Waals surface area contributed by atoms with Crippen LogP contribution in [0.25, 0.3) is 0 Å². The number of benzene rings is 1. The number of hydrogen-bond donors (Lipinski definition) is 2. The van der Waals surface area contributed by atoms with Gasteiger partial charge in [-0.2, -0.15) is 13.2 Å². The van der Waals surface area contributed by atoms with Crippen LogP contribution >= 0.6 is 23.2 Å². The summed E-state index contributed by atoms with van der Waals surface area (Å²) in [7, 11) is -8.57. The van der Waals surface area contributed by atoms with Crippen LogP contribution in [0.3, 0.4) is 0 Å². The molecule has 27 heavy (non-hydrogen) atoms. The van der Waals surface area contributed by atoms with Crippen molar-refractivity contribution in [2.75, 3.05) is 11.3 Å². The first kappa shape index (κ1) is 21.7. The van der Waals surface area contributed by atoms with Gasteiger partial charge in [0, 0.05) is 5.69 Å². The highest BCUT2D eigenvalue weighted by molar-refractivity contribution is 7.92. The molecule has 2 N–H and O–H groups in total. The van der Waals surface area contributed by atoms with Crippen LogP contribution in [0.2, 0.25) is 10.3 Å². The maximum atomic E-state index is 12.3. The van der Waals surface area contributed by atoms with Crippen molar-refractivity contribution in [1.29, 1.82) is 0 Å². The Morgan fingerprint density at radius 2 is 1.52 bits per heavy atom. The monoisotopic (exact) mass is 463 g/mol. The van der Waals surface area contributed by atoms with Gasteiger partial charge in [0.15, 0.2) is 5.15 Å². The molecule has 0 spiro atoms. The fourth-order valence-electron chi connectivity index (χ4n) is 1.77. The van der Waals surface area contributed by atoms with E-state index in [0.29, 0.717) is 0 Å². The van der Waals surface area contributed by atoms with Crippen molar-refractivity contribution in [2.24, 2.45) is 0 Å². The Kier molecular flexibility index (Phi) is 6.26. The van der Waals surface area contributed by atoms with Crippen LogP contribution in [-0.2, 0) is 20.0 Å². The lowest BCUT2D eigenvalue weighted by Gasteiger charge is -2.11. The lowest BCUT2D eigenvalue weighted by Crippen LogP contribution is -2.33. The van der Waals surface area contributed by atoms with Crippen LogP contribution in [0.5, 0.6) is 0 Å². The molecule has 1 aromatic carbocycles. The average molecular weight is 464 g/mol. The third-order valence-electron chi connectivity index (χ3n) is 2.95. The number of hydrogen-bond acceptors (Lipinski definition) is 5. The molecule has 0 saturated carbocycles. The molecule has 7 nitrogen and oxygen atoms in total. The summed E-state index contributed by atoms with van der Waals surface area (Å²) in [6.45, 7) is -1.73. The molecule has 0 fully saturated rings. The fraction of sp³-hybridized carbons (Fsp3) is 0.154. The Hall–Kier alpha value is -1.60. The number of aromatic nitrogens is 1. The molecule has 1 aromatic heterocycles. The van der Waals surface area contributed by atoms with Gasteiger partial charge in [0.05, 0.1) is 4.90 Å². The number of anilines is 1. The van der Waals surface area contributed by atoms with Crippen LogP contribution in [-0.4, -0.2) is 34.5 Å². The highest BCUT2D eigenvalue weighted by atomic mass is 35.5. The van der Waals surface area contributed by atoms with E-state index >= 15 is 0 Å². The smallest absolute Gasteiger partial charge is 0.280 e. The van der Waals surface area contributed by atoms with Gasteiger partial charge in [0.1, 0.15) is 16.6 Å². The van der Waals surface area contributed by atoms with E-state index < -0.39 is 37.7 Å². The molecule has 0 aliphatic rings. The van der Waals surface area contributed by atoms with Gasteiger partial charge in [-0.15, -0.1) is 0 Å². The quantitative estimate of drug-likeness (QED) is 0.640. The van der Waals surface area contributed by atoms with E-state index in [4.69, 9.17) is 23.2 Å². The third kappa shape index (κ3) is 5.94. The Labute approximate surface area is 162 Å². The van der Waals surface area contributed by atoms with Crippen molar-refractivity contribution in [1.82, 2.24) is 9.71 Å². The molecule has 1 heterocycles. The van der Waals surface area contributed by atoms with E-state index in [2.05, 4.69) is 9.71 Å². The molecule has 0 aliphatic heterocycles. The number of sulfonamides is 2. The minimum atomic E-state index is -4.71. The van der Waals surface area contributed by atoms with Crippen LogP contribution in [0.15, 0.2) is 46.2 Å². The van der Waals surface area contributed by atoms with Crippen LogP contribution in [0.1, 0.15) is 0 Å². The molecule has 14 heteroatoms. The number of alkyl halides is 3. The summed E-state index contributed by atoms with van der Waals surface area (Å²) < 4.78 is 88.1. The molecule has 0 radical (unpaired) electrons. The average Bonchev–Trinajstić information content (AvgIpc) is 2.52. The summed E-state index contributed by atoms with van der Waals surface area (Å²) in [6.07, 6.45) is -4.71. The van der Waals surface area contributed by atoms with E-state index in [1.165, 1.54) is 10.8 Å². The summed E-state index contributed by atoms with van der Waals surface area (Å²) in [6, 6.07) is 6.36. The lowest BCUT2D eigenvalue weighted by molar-refractivity contribution is -0.121. The molecular weight excluding hydrogens is 454 g/mol. The van der Waals surface area contributed by atoms with Crippen molar-refractivity contribution in [3.8, 4) is 0 Å². The Morgan fingerprint density at radius 3 is 2.04 bits per heavy atom. The van der Waals surface area contributed by atoms with Crippen molar-refractivity contribution >= 4 is 48.9 Å². The third-order valence-corrected chi connectivity index (χ3v) is 6.39. The summed E-state index contributed by atoms with van der Waals surface area (Å²) >= 11 is 11.3. The molecule has 0 unspecified atom stereocenters. The van der Waals surface area contributed by atoms with Crippen molar-refractivity contribution in [3.05, 3.63) is 46.7 Å². The summed E-state index contributed by atoms with van der Waals surface area (Å²) in [5.41, 5.74) is -0.0456. The van der Waals surface area contributed by atoms with Gasteiger partial charge in [-0.05, 0) is 36.4 Å². The van der Waals surface area contributed by atoms with Gasteiger partial charge in [0.2, 0.25) is 10.0 Å². The van der Waals surface area contributed by atoms with E-state index in [-0.39, 0.29) is 20.9 Å². The Morgan fingerprint density at radius 1 is 0.926 bits per heavy atom. The predicted molar refractivity (Wildman–Crippen MR) is 92.8 cm³/mol. The van der Waals surface area contributed by atoms with Crippen molar-refractivity contribution < 1.29 is 30.0 Å². The Balaban J connectivity index is 2.20. The molecule has 0 amide bonds. The zero-order valence-corrected chi connectivity index (χ0v) is 16.1. The van der Waals surface area contributed by atoms with Crippen LogP contribution in [0.4, 0.5) is 18.9 Å². The summed E-state index contributed by atoms with van der Waals surface area (Å²) in [5.74, 6) is 0. The maximum absolute atomic E-state index is 12.3. The van der Waals surface area contributed by atoms with E-state index in [0.717, 1.165) is 30.3 Å². The standard InChI is InChI=1S/C13H10Cl2F3N3O4S2/c14-11-6-5-10(12(15)20-11)27(24,25)21-8-1-3-9(4-2-8)26(22,23)19-7-13(16,17)18/h1-6,19,21H,7H2. The van der Waals surface area contributed by atoms with Gasteiger partial charge in [-0.1, -0.05) is 23.2 Å². The SMILES string of the molecule is O=S(=O)(NCC(F)(F)F)c1ccc(NS(=O)(=O)c2ccc(Cl)nc2Cl)cc1. The molecular formula is C13H10Cl2F3N3O4S2. The molecule has 0 bridgehead atoms. The topological polar surface area (TPSA) is 105 Å². The molecule has 2 rings (SSSR count).